The van der Waals surface area contributed by atoms with Crippen LogP contribution in [-0.4, -0.2) is 48.5 Å². The van der Waals surface area contributed by atoms with Gasteiger partial charge in [-0.15, -0.1) is 0 Å². The Bertz CT molecular complexity index is 965. The Morgan fingerprint density at radius 1 is 1.19 bits per heavy atom. The van der Waals surface area contributed by atoms with Crippen LogP contribution in [0.5, 0.6) is 5.75 Å². The molecule has 1 aromatic heterocycles. The molecular formula is C21H26Cl2N2O5Si. The molecule has 0 saturated heterocycles. The number of carbonyl (C=O) groups is 2. The summed E-state index contributed by atoms with van der Waals surface area (Å²) < 4.78 is 10.3. The van der Waals surface area contributed by atoms with Crippen LogP contribution in [0.1, 0.15) is 12.5 Å². The van der Waals surface area contributed by atoms with Gasteiger partial charge < -0.3 is 20.3 Å². The number of hydrogen-bond donors (Lipinski definition) is 2. The molecule has 10 heteroatoms. The van der Waals surface area contributed by atoms with Crippen molar-refractivity contribution < 1.29 is 24.2 Å². The number of aromatic hydroxyl groups is 1. The monoisotopic (exact) mass is 484 g/mol. The highest BCUT2D eigenvalue weighted by Gasteiger charge is 2.26. The quantitative estimate of drug-likeness (QED) is 0.430. The minimum absolute atomic E-state index is 0.0173. The molecule has 168 valence electrons. The van der Waals surface area contributed by atoms with E-state index in [1.807, 2.05) is 0 Å². The zero-order chi connectivity index (χ0) is 23.3. The van der Waals surface area contributed by atoms with Crippen molar-refractivity contribution in [2.45, 2.75) is 45.1 Å². The number of nitrogens with two attached hydrogens (primary N) is 1. The van der Waals surface area contributed by atoms with Crippen molar-refractivity contribution >= 4 is 43.2 Å². The largest absolute Gasteiger partial charge is 0.508 e. The van der Waals surface area contributed by atoms with Crippen molar-refractivity contribution in [1.82, 2.24) is 4.98 Å². The first-order chi connectivity index (χ1) is 14.4. The highest BCUT2D eigenvalue weighted by atomic mass is 35.5. The number of nitrogens with zero attached hydrogens (tertiary/aromatic N) is 1. The number of rotatable bonds is 8. The van der Waals surface area contributed by atoms with Gasteiger partial charge in [-0.2, -0.15) is 0 Å². The van der Waals surface area contributed by atoms with Gasteiger partial charge in [-0.1, -0.05) is 55.0 Å². The number of phenolic OH excluding ortho intramolecular Hbond substituents is 1. The highest BCUT2D eigenvalue weighted by Crippen LogP contribution is 2.31. The van der Waals surface area contributed by atoms with Gasteiger partial charge >= 0.3 is 11.9 Å². The molecular weight excluding hydrogens is 459 g/mol. The van der Waals surface area contributed by atoms with Crippen LogP contribution in [0.2, 0.25) is 29.7 Å². The van der Waals surface area contributed by atoms with E-state index < -0.39 is 32.2 Å². The van der Waals surface area contributed by atoms with Gasteiger partial charge in [-0.25, -0.2) is 4.79 Å². The molecule has 0 aliphatic heterocycles. The van der Waals surface area contributed by atoms with Crippen molar-refractivity contribution in [2.24, 2.45) is 5.73 Å². The molecule has 0 saturated carbocycles. The van der Waals surface area contributed by atoms with E-state index in [1.165, 1.54) is 19.2 Å². The molecule has 7 nitrogen and oxygen atoms in total. The molecule has 0 fully saturated rings. The molecule has 2 rings (SSSR count). The van der Waals surface area contributed by atoms with E-state index in [2.05, 4.69) is 24.6 Å². The molecule has 0 amide bonds. The number of aromatic nitrogens is 1. The highest BCUT2D eigenvalue weighted by molar-refractivity contribution is 6.76. The lowest BCUT2D eigenvalue weighted by atomic mass is 10.0. The fourth-order valence-electron chi connectivity index (χ4n) is 2.55. The van der Waals surface area contributed by atoms with Crippen LogP contribution >= 0.6 is 23.2 Å². The van der Waals surface area contributed by atoms with Crippen LogP contribution in [0.15, 0.2) is 30.5 Å². The van der Waals surface area contributed by atoms with Gasteiger partial charge in [0.15, 0.2) is 6.10 Å². The van der Waals surface area contributed by atoms with E-state index in [4.69, 9.17) is 38.4 Å². The predicted molar refractivity (Wildman–Crippen MR) is 123 cm³/mol. The number of ether oxygens (including phenoxy) is 2. The summed E-state index contributed by atoms with van der Waals surface area (Å²) in [6.07, 6.45) is 0.745. The minimum atomic E-state index is -1.58. The number of phenols is 1. The van der Waals surface area contributed by atoms with Crippen molar-refractivity contribution in [2.75, 3.05) is 6.23 Å². The van der Waals surface area contributed by atoms with Gasteiger partial charge in [-0.05, 0) is 24.6 Å². The van der Waals surface area contributed by atoms with Gasteiger partial charge in [0, 0.05) is 18.2 Å². The molecule has 0 spiro atoms. The maximum absolute atomic E-state index is 12.3. The number of carbonyl (C=O) groups excluding carboxylic acids is 2. The lowest BCUT2D eigenvalue weighted by Gasteiger charge is -2.19. The van der Waals surface area contributed by atoms with E-state index in [1.54, 1.807) is 18.2 Å². The van der Waals surface area contributed by atoms with Crippen LogP contribution < -0.4 is 5.73 Å². The molecule has 0 aliphatic rings. The number of benzene rings is 1. The first-order valence-electron chi connectivity index (χ1n) is 9.63. The van der Waals surface area contributed by atoms with Crippen molar-refractivity contribution in [3.8, 4) is 17.0 Å². The van der Waals surface area contributed by atoms with Crippen LogP contribution in [0, 0.1) is 0 Å². The van der Waals surface area contributed by atoms with Gasteiger partial charge in [0.05, 0.1) is 30.0 Å². The summed E-state index contributed by atoms with van der Waals surface area (Å²) in [6, 6.07) is 5.28. The standard InChI is InChI=1S/C21H26Cl2N2O5Si/c1-12(20(27)29-11-31(2,3)4)30-21(28)17(24)7-13-5-6-14(8-18(13)26)19-16(23)9-15(22)10-25-19/h5-6,8-10,12,17,26H,7,11,24H2,1-4H3/t12?,17-/m0/s1. The van der Waals surface area contributed by atoms with Crippen LogP contribution in [0.25, 0.3) is 11.3 Å². The summed E-state index contributed by atoms with van der Waals surface area (Å²) in [5.41, 5.74) is 7.40. The van der Waals surface area contributed by atoms with Gasteiger partial charge in [-0.3, -0.25) is 9.78 Å². The minimum Gasteiger partial charge on any atom is -0.508 e. The van der Waals surface area contributed by atoms with E-state index >= 15 is 0 Å². The lowest BCUT2D eigenvalue weighted by Crippen LogP contribution is -2.39. The van der Waals surface area contributed by atoms with E-state index in [-0.39, 0.29) is 12.2 Å². The normalized spacial score (nSPS) is 13.4. The first kappa shape index (κ1) is 25.1. The summed E-state index contributed by atoms with van der Waals surface area (Å²) in [4.78, 5) is 28.4. The zero-order valence-corrected chi connectivity index (χ0v) is 20.3. The lowest BCUT2D eigenvalue weighted by molar-refractivity contribution is -0.166. The Morgan fingerprint density at radius 3 is 2.45 bits per heavy atom. The molecule has 1 unspecified atom stereocenters. The molecule has 0 bridgehead atoms. The molecule has 1 aromatic carbocycles. The van der Waals surface area contributed by atoms with Gasteiger partial charge in [0.1, 0.15) is 11.8 Å². The SMILES string of the molecule is CC(OC(=O)[C@@H](N)Cc1ccc(-c2ncc(Cl)cc2Cl)cc1O)C(=O)OC[Si](C)(C)C. The summed E-state index contributed by atoms with van der Waals surface area (Å²) in [6.45, 7) is 7.61. The van der Waals surface area contributed by atoms with Crippen LogP contribution in [0.4, 0.5) is 0 Å². The molecule has 1 heterocycles. The third kappa shape index (κ3) is 7.50. The number of pyridine rings is 1. The number of halogens is 2. The molecule has 0 aliphatic carbocycles. The maximum Gasteiger partial charge on any atom is 0.346 e. The molecule has 2 atom stereocenters. The van der Waals surface area contributed by atoms with Gasteiger partial charge in [0.25, 0.3) is 0 Å². The summed E-state index contributed by atoms with van der Waals surface area (Å²) in [5, 5.41) is 11.1. The second-order valence-corrected chi connectivity index (χ2v) is 14.6. The summed E-state index contributed by atoms with van der Waals surface area (Å²) in [7, 11) is -1.58. The molecule has 0 radical (unpaired) electrons. The Hall–Kier alpha value is -2.13. The average molecular weight is 485 g/mol. The van der Waals surface area contributed by atoms with Gasteiger partial charge in [0.2, 0.25) is 0 Å². The molecule has 2 aromatic rings. The molecule has 3 N–H and O–H groups in total. The Labute approximate surface area is 192 Å². The third-order valence-electron chi connectivity index (χ3n) is 4.18. The van der Waals surface area contributed by atoms with E-state index in [9.17, 15) is 14.7 Å². The fourth-order valence-corrected chi connectivity index (χ4v) is 3.61. The van der Waals surface area contributed by atoms with E-state index in [0.717, 1.165) is 0 Å². The first-order valence-corrected chi connectivity index (χ1v) is 14.1. The van der Waals surface area contributed by atoms with Crippen LogP contribution in [0.3, 0.4) is 0 Å². The Balaban J connectivity index is 2.00. The average Bonchev–Trinajstić information content (AvgIpc) is 2.67. The topological polar surface area (TPSA) is 112 Å². The van der Waals surface area contributed by atoms with Crippen molar-refractivity contribution in [3.05, 3.63) is 46.1 Å². The van der Waals surface area contributed by atoms with E-state index in [0.29, 0.717) is 33.1 Å². The Morgan fingerprint density at radius 2 is 1.87 bits per heavy atom. The van der Waals surface area contributed by atoms with Crippen molar-refractivity contribution in [1.29, 1.82) is 0 Å². The summed E-state index contributed by atoms with van der Waals surface area (Å²) in [5.74, 6) is -1.44. The van der Waals surface area contributed by atoms with Crippen LogP contribution in [-0.2, 0) is 25.5 Å². The second kappa shape index (κ2) is 10.5. The fraction of sp³-hybridized carbons (Fsp3) is 0.381. The molecule has 31 heavy (non-hydrogen) atoms. The van der Waals surface area contributed by atoms with Crippen molar-refractivity contribution in [3.63, 3.8) is 0 Å². The second-order valence-electron chi connectivity index (χ2n) is 8.39. The number of esters is 2. The summed E-state index contributed by atoms with van der Waals surface area (Å²) >= 11 is 12.0. The predicted octanol–water partition coefficient (Wildman–Crippen LogP) is 3.98. The zero-order valence-electron chi connectivity index (χ0n) is 17.8. The number of hydrogen-bond acceptors (Lipinski definition) is 7. The third-order valence-corrected chi connectivity index (χ3v) is 5.69. The maximum atomic E-state index is 12.3. The Kier molecular flexibility index (Phi) is 8.47. The smallest absolute Gasteiger partial charge is 0.346 e.